The van der Waals surface area contributed by atoms with Crippen molar-refractivity contribution in [1.29, 1.82) is 0 Å². The van der Waals surface area contributed by atoms with Crippen LogP contribution in [0.15, 0.2) is 0 Å². The summed E-state index contributed by atoms with van der Waals surface area (Å²) in [6, 6.07) is 0. The van der Waals surface area contributed by atoms with Gasteiger partial charge in [-0.2, -0.15) is 0 Å². The Morgan fingerprint density at radius 2 is 2.36 bits per heavy atom. The molecule has 14 heavy (non-hydrogen) atoms. The predicted octanol–water partition coefficient (Wildman–Crippen LogP) is 0.953. The number of morpholine rings is 1. The van der Waals surface area contributed by atoms with Gasteiger partial charge in [-0.25, -0.2) is 0 Å². The Balaban J connectivity index is 2.05. The molecule has 1 heterocycles. The lowest BCUT2D eigenvalue weighted by Crippen LogP contribution is -2.45. The molecule has 84 valence electrons. The Morgan fingerprint density at radius 3 is 3.00 bits per heavy atom. The minimum Gasteiger partial charge on any atom is -0.374 e. The van der Waals surface area contributed by atoms with Crippen LogP contribution in [0.3, 0.4) is 0 Å². The van der Waals surface area contributed by atoms with E-state index in [0.29, 0.717) is 6.10 Å². The van der Waals surface area contributed by atoms with Gasteiger partial charge in [-0.1, -0.05) is 20.3 Å². The molecule has 0 aromatic rings. The molecule has 1 N–H and O–H groups in total. The van der Waals surface area contributed by atoms with Crippen molar-refractivity contribution in [3.63, 3.8) is 0 Å². The molecule has 0 aliphatic carbocycles. The number of nitrogens with one attached hydrogen (secondary N) is 1. The van der Waals surface area contributed by atoms with Gasteiger partial charge in [0.05, 0.1) is 12.7 Å². The van der Waals surface area contributed by atoms with Crippen LogP contribution in [-0.2, 0) is 4.74 Å². The summed E-state index contributed by atoms with van der Waals surface area (Å²) in [5, 5.41) is 3.47. The number of likely N-dealkylation sites (N-methyl/N-ethyl adjacent to an activating group) is 1. The van der Waals surface area contributed by atoms with E-state index >= 15 is 0 Å². The molecule has 0 aromatic carbocycles. The van der Waals surface area contributed by atoms with Gasteiger partial charge in [0.25, 0.3) is 0 Å². The minimum atomic E-state index is 0.387. The summed E-state index contributed by atoms with van der Waals surface area (Å²) in [6.07, 6.45) is 1.64. The zero-order valence-corrected chi connectivity index (χ0v) is 9.75. The summed E-state index contributed by atoms with van der Waals surface area (Å²) in [4.78, 5) is 2.33. The van der Waals surface area contributed by atoms with E-state index in [2.05, 4.69) is 31.1 Å². The summed E-state index contributed by atoms with van der Waals surface area (Å²) in [5.74, 6) is 0.774. The number of ether oxygens (including phenoxy) is 1. The van der Waals surface area contributed by atoms with E-state index in [0.717, 1.165) is 38.7 Å². The van der Waals surface area contributed by atoms with E-state index in [1.54, 1.807) is 0 Å². The second-order valence-corrected chi connectivity index (χ2v) is 4.43. The Bertz CT molecular complexity index is 152. The Labute approximate surface area is 87.8 Å². The first-order valence-electron chi connectivity index (χ1n) is 5.73. The van der Waals surface area contributed by atoms with E-state index in [1.165, 1.54) is 6.42 Å². The summed E-state index contributed by atoms with van der Waals surface area (Å²) >= 11 is 0. The standard InChI is InChI=1S/C11H24N2O/c1-4-10(2)7-12-8-11-9-13(3)5-6-14-11/h10-12H,4-9H2,1-3H3/t10-,11+/m0/s1. The van der Waals surface area contributed by atoms with E-state index in [1.807, 2.05) is 0 Å². The molecule has 1 aliphatic heterocycles. The Hall–Kier alpha value is -0.120. The van der Waals surface area contributed by atoms with Crippen molar-refractivity contribution in [3.8, 4) is 0 Å². The zero-order valence-electron chi connectivity index (χ0n) is 9.75. The molecule has 0 spiro atoms. The van der Waals surface area contributed by atoms with Gasteiger partial charge in [-0.15, -0.1) is 0 Å². The minimum absolute atomic E-state index is 0.387. The molecule has 1 aliphatic rings. The lowest BCUT2D eigenvalue weighted by molar-refractivity contribution is -0.0183. The quantitative estimate of drug-likeness (QED) is 0.715. The smallest absolute Gasteiger partial charge is 0.0826 e. The second kappa shape index (κ2) is 6.38. The Morgan fingerprint density at radius 1 is 1.57 bits per heavy atom. The zero-order chi connectivity index (χ0) is 10.4. The van der Waals surface area contributed by atoms with Crippen molar-refractivity contribution in [2.75, 3.05) is 39.8 Å². The third-order valence-corrected chi connectivity index (χ3v) is 2.90. The molecule has 0 unspecified atom stereocenters. The largest absolute Gasteiger partial charge is 0.374 e. The number of hydrogen-bond acceptors (Lipinski definition) is 3. The highest BCUT2D eigenvalue weighted by Gasteiger charge is 2.16. The van der Waals surface area contributed by atoms with Gasteiger partial charge in [-0.3, -0.25) is 0 Å². The molecule has 2 atom stereocenters. The van der Waals surface area contributed by atoms with Gasteiger partial charge in [0, 0.05) is 19.6 Å². The van der Waals surface area contributed by atoms with Crippen LogP contribution >= 0.6 is 0 Å². The monoisotopic (exact) mass is 200 g/mol. The maximum Gasteiger partial charge on any atom is 0.0826 e. The first-order valence-corrected chi connectivity index (χ1v) is 5.73. The molecule has 0 bridgehead atoms. The highest BCUT2D eigenvalue weighted by Crippen LogP contribution is 2.02. The van der Waals surface area contributed by atoms with Crippen molar-refractivity contribution >= 4 is 0 Å². The molecule has 1 saturated heterocycles. The van der Waals surface area contributed by atoms with E-state index in [4.69, 9.17) is 4.74 Å². The van der Waals surface area contributed by atoms with Gasteiger partial charge in [-0.05, 0) is 19.5 Å². The second-order valence-electron chi connectivity index (χ2n) is 4.43. The molecule has 0 amide bonds. The van der Waals surface area contributed by atoms with Gasteiger partial charge in [0.1, 0.15) is 0 Å². The van der Waals surface area contributed by atoms with Crippen LogP contribution in [0.5, 0.6) is 0 Å². The molecule has 1 fully saturated rings. The normalized spacial score (nSPS) is 26.4. The first-order chi connectivity index (χ1) is 6.72. The SMILES string of the molecule is CC[C@H](C)CNC[C@@H]1CN(C)CCO1. The van der Waals surface area contributed by atoms with Crippen LogP contribution < -0.4 is 5.32 Å². The van der Waals surface area contributed by atoms with Crippen LogP contribution in [0.1, 0.15) is 20.3 Å². The molecule has 0 saturated carbocycles. The van der Waals surface area contributed by atoms with E-state index < -0.39 is 0 Å². The van der Waals surface area contributed by atoms with Gasteiger partial charge in [0.15, 0.2) is 0 Å². The summed E-state index contributed by atoms with van der Waals surface area (Å²) < 4.78 is 5.66. The summed E-state index contributed by atoms with van der Waals surface area (Å²) in [5.41, 5.74) is 0. The van der Waals surface area contributed by atoms with Gasteiger partial charge in [0.2, 0.25) is 0 Å². The average molecular weight is 200 g/mol. The fraction of sp³-hybridized carbons (Fsp3) is 1.00. The lowest BCUT2D eigenvalue weighted by atomic mass is 10.1. The van der Waals surface area contributed by atoms with E-state index in [-0.39, 0.29) is 0 Å². The molecular formula is C11H24N2O. The third-order valence-electron chi connectivity index (χ3n) is 2.90. The van der Waals surface area contributed by atoms with Crippen LogP contribution in [0, 0.1) is 5.92 Å². The van der Waals surface area contributed by atoms with Crippen LogP contribution in [0.25, 0.3) is 0 Å². The topological polar surface area (TPSA) is 24.5 Å². The highest BCUT2D eigenvalue weighted by molar-refractivity contribution is 4.71. The lowest BCUT2D eigenvalue weighted by Gasteiger charge is -2.30. The molecule has 3 nitrogen and oxygen atoms in total. The Kier molecular flexibility index (Phi) is 5.45. The molecule has 1 rings (SSSR count). The maximum absolute atomic E-state index is 5.66. The first kappa shape index (κ1) is 12.0. The van der Waals surface area contributed by atoms with Crippen LogP contribution in [0.4, 0.5) is 0 Å². The van der Waals surface area contributed by atoms with Crippen molar-refractivity contribution in [2.45, 2.75) is 26.4 Å². The highest BCUT2D eigenvalue weighted by atomic mass is 16.5. The summed E-state index contributed by atoms with van der Waals surface area (Å²) in [7, 11) is 2.16. The number of hydrogen-bond donors (Lipinski definition) is 1. The fourth-order valence-corrected chi connectivity index (χ4v) is 1.63. The van der Waals surface area contributed by atoms with Crippen LogP contribution in [0.2, 0.25) is 0 Å². The molecular weight excluding hydrogens is 176 g/mol. The number of rotatable bonds is 5. The molecule has 3 heteroatoms. The van der Waals surface area contributed by atoms with Crippen LogP contribution in [-0.4, -0.2) is 50.8 Å². The van der Waals surface area contributed by atoms with Crippen molar-refractivity contribution in [1.82, 2.24) is 10.2 Å². The molecule has 0 aromatic heterocycles. The van der Waals surface area contributed by atoms with E-state index in [9.17, 15) is 0 Å². The number of nitrogens with zero attached hydrogens (tertiary/aromatic N) is 1. The fourth-order valence-electron chi connectivity index (χ4n) is 1.63. The predicted molar refractivity (Wildman–Crippen MR) is 59.6 cm³/mol. The summed E-state index contributed by atoms with van der Waals surface area (Å²) in [6.45, 7) is 9.63. The average Bonchev–Trinajstić information content (AvgIpc) is 2.17. The molecule has 0 radical (unpaired) electrons. The van der Waals surface area contributed by atoms with Crippen molar-refractivity contribution < 1.29 is 4.74 Å². The van der Waals surface area contributed by atoms with Crippen molar-refractivity contribution in [2.24, 2.45) is 5.92 Å². The van der Waals surface area contributed by atoms with Gasteiger partial charge >= 0.3 is 0 Å². The maximum atomic E-state index is 5.66. The van der Waals surface area contributed by atoms with Crippen molar-refractivity contribution in [3.05, 3.63) is 0 Å². The van der Waals surface area contributed by atoms with Gasteiger partial charge < -0.3 is 15.0 Å². The third kappa shape index (κ3) is 4.40.